The van der Waals surface area contributed by atoms with Crippen molar-refractivity contribution in [2.75, 3.05) is 39.0 Å². The Morgan fingerprint density at radius 2 is 1.84 bits per heavy atom. The molecule has 9 heteroatoms. The standard InChI is InChI=1S/C22H34F2N6O/c1-14(21(23)24)29-8-10-30(11-9-29)19(28-3)13-18(26)20(27)16-12-15(4-5-17(16)25)31-22(2)6-7-22/h4-5,12-14,19,21,27-28H,6-11,25-26H2,1-3H3/b18-13-,27-20?. The predicted molar refractivity (Wildman–Crippen MR) is 120 cm³/mol. The van der Waals surface area contributed by atoms with Crippen molar-refractivity contribution in [2.24, 2.45) is 5.73 Å². The second-order valence-electron chi connectivity index (χ2n) is 8.68. The number of rotatable bonds is 9. The van der Waals surface area contributed by atoms with Gasteiger partial charge in [0.2, 0.25) is 0 Å². The number of likely N-dealkylation sites (N-methyl/N-ethyl adjacent to an activating group) is 1. The summed E-state index contributed by atoms with van der Waals surface area (Å²) in [5.74, 6) is 0.677. The van der Waals surface area contributed by atoms with Gasteiger partial charge >= 0.3 is 0 Å². The van der Waals surface area contributed by atoms with E-state index in [-0.39, 0.29) is 17.5 Å². The van der Waals surface area contributed by atoms with Gasteiger partial charge in [-0.15, -0.1) is 0 Å². The van der Waals surface area contributed by atoms with Crippen molar-refractivity contribution >= 4 is 11.4 Å². The Kier molecular flexibility index (Phi) is 7.18. The average molecular weight is 437 g/mol. The van der Waals surface area contributed by atoms with E-state index in [2.05, 4.69) is 17.1 Å². The fourth-order valence-corrected chi connectivity index (χ4v) is 3.74. The summed E-state index contributed by atoms with van der Waals surface area (Å²) < 4.78 is 31.9. The van der Waals surface area contributed by atoms with Crippen LogP contribution in [0.2, 0.25) is 0 Å². The maximum Gasteiger partial charge on any atom is 0.253 e. The highest BCUT2D eigenvalue weighted by molar-refractivity contribution is 6.13. The zero-order chi connectivity index (χ0) is 22.8. The Balaban J connectivity index is 1.68. The zero-order valence-electron chi connectivity index (χ0n) is 18.5. The van der Waals surface area contributed by atoms with E-state index in [1.54, 1.807) is 30.0 Å². The van der Waals surface area contributed by atoms with Crippen LogP contribution in [0, 0.1) is 5.41 Å². The van der Waals surface area contributed by atoms with Crippen molar-refractivity contribution in [3.8, 4) is 5.75 Å². The van der Waals surface area contributed by atoms with Gasteiger partial charge in [-0.1, -0.05) is 0 Å². The molecule has 0 aromatic heterocycles. The summed E-state index contributed by atoms with van der Waals surface area (Å²) in [6, 6.07) is 4.56. The highest BCUT2D eigenvalue weighted by atomic mass is 19.3. The number of ether oxygens (including phenoxy) is 1. The molecular weight excluding hydrogens is 402 g/mol. The van der Waals surface area contributed by atoms with Crippen LogP contribution < -0.4 is 21.5 Å². The van der Waals surface area contributed by atoms with Gasteiger partial charge in [0.1, 0.15) is 11.4 Å². The van der Waals surface area contributed by atoms with E-state index in [4.69, 9.17) is 21.6 Å². The third kappa shape index (κ3) is 5.72. The van der Waals surface area contributed by atoms with Gasteiger partial charge < -0.3 is 21.5 Å². The highest BCUT2D eigenvalue weighted by Gasteiger charge is 2.40. The summed E-state index contributed by atoms with van der Waals surface area (Å²) in [5, 5.41) is 11.8. The SMILES string of the molecule is CNC(/C=C(\N)C(=N)c1cc(OC2(C)CC2)ccc1N)N1CCN(C(C)C(F)F)CC1. The Morgan fingerprint density at radius 1 is 1.23 bits per heavy atom. The van der Waals surface area contributed by atoms with Crippen LogP contribution in [0.4, 0.5) is 14.5 Å². The van der Waals surface area contributed by atoms with Crippen LogP contribution >= 0.6 is 0 Å². The van der Waals surface area contributed by atoms with E-state index in [1.807, 2.05) is 13.1 Å². The molecule has 2 atom stereocenters. The Labute approximate surface area is 182 Å². The van der Waals surface area contributed by atoms with Crippen molar-refractivity contribution in [3.05, 3.63) is 35.5 Å². The van der Waals surface area contributed by atoms with Gasteiger partial charge in [-0.25, -0.2) is 8.78 Å². The fraction of sp³-hybridized carbons (Fsp3) is 0.591. The van der Waals surface area contributed by atoms with Crippen molar-refractivity contribution in [1.82, 2.24) is 15.1 Å². The molecule has 3 rings (SSSR count). The van der Waals surface area contributed by atoms with Gasteiger partial charge in [0.05, 0.1) is 23.6 Å². The smallest absolute Gasteiger partial charge is 0.253 e. The third-order valence-corrected chi connectivity index (χ3v) is 6.22. The van der Waals surface area contributed by atoms with Crippen molar-refractivity contribution in [1.29, 1.82) is 5.41 Å². The van der Waals surface area contributed by atoms with Crippen LogP contribution in [0.5, 0.6) is 5.75 Å². The molecule has 1 heterocycles. The van der Waals surface area contributed by atoms with Crippen LogP contribution in [0.15, 0.2) is 30.0 Å². The minimum absolute atomic E-state index is 0.127. The fourth-order valence-electron chi connectivity index (χ4n) is 3.74. The molecule has 0 spiro atoms. The molecule has 6 N–H and O–H groups in total. The van der Waals surface area contributed by atoms with Crippen molar-refractivity contribution < 1.29 is 13.5 Å². The van der Waals surface area contributed by atoms with Gasteiger partial charge in [-0.05, 0) is 58.0 Å². The van der Waals surface area contributed by atoms with E-state index in [1.165, 1.54) is 0 Å². The number of hydrogen-bond acceptors (Lipinski definition) is 7. The van der Waals surface area contributed by atoms with Crippen LogP contribution in [0.1, 0.15) is 32.3 Å². The normalized spacial score (nSPS) is 21.7. The number of nitrogen functional groups attached to an aromatic ring is 1. The number of piperazine rings is 1. The first-order chi connectivity index (χ1) is 14.6. The highest BCUT2D eigenvalue weighted by Crippen LogP contribution is 2.40. The van der Waals surface area contributed by atoms with Crippen LogP contribution in [0.25, 0.3) is 0 Å². The molecular formula is C22H34F2N6O. The minimum atomic E-state index is -2.35. The van der Waals surface area contributed by atoms with Crippen molar-refractivity contribution in [2.45, 2.75) is 50.9 Å². The number of hydrogen-bond donors (Lipinski definition) is 4. The second-order valence-corrected chi connectivity index (χ2v) is 8.68. The predicted octanol–water partition coefficient (Wildman–Crippen LogP) is 2.23. The molecule has 172 valence electrons. The largest absolute Gasteiger partial charge is 0.488 e. The monoisotopic (exact) mass is 436 g/mol. The molecule has 2 fully saturated rings. The summed E-state index contributed by atoms with van der Waals surface area (Å²) in [5.41, 5.74) is 13.7. The van der Waals surface area contributed by atoms with Gasteiger partial charge in [0.15, 0.2) is 0 Å². The molecule has 1 aromatic carbocycles. The lowest BCUT2D eigenvalue weighted by Crippen LogP contribution is -2.56. The molecule has 31 heavy (non-hydrogen) atoms. The van der Waals surface area contributed by atoms with Gasteiger partial charge in [0, 0.05) is 37.4 Å². The minimum Gasteiger partial charge on any atom is -0.488 e. The van der Waals surface area contributed by atoms with Crippen LogP contribution in [-0.2, 0) is 0 Å². The number of anilines is 1. The number of alkyl halides is 2. The molecule has 7 nitrogen and oxygen atoms in total. The first kappa shape index (κ1) is 23.4. The molecule has 0 amide bonds. The molecule has 2 aliphatic rings. The van der Waals surface area contributed by atoms with E-state index in [0.717, 1.165) is 12.8 Å². The summed E-state index contributed by atoms with van der Waals surface area (Å²) >= 11 is 0. The lowest BCUT2D eigenvalue weighted by atomic mass is 10.0. The average Bonchev–Trinajstić information content (AvgIpc) is 3.48. The zero-order valence-corrected chi connectivity index (χ0v) is 18.5. The number of nitrogens with one attached hydrogen (secondary N) is 2. The molecule has 1 aliphatic carbocycles. The molecule has 1 aliphatic heterocycles. The number of allylic oxidation sites excluding steroid dienone is 1. The van der Waals surface area contributed by atoms with Gasteiger partial charge in [-0.3, -0.25) is 15.2 Å². The first-order valence-electron chi connectivity index (χ1n) is 10.7. The quantitative estimate of drug-likeness (QED) is 0.350. The van der Waals surface area contributed by atoms with Gasteiger partial charge in [0.25, 0.3) is 6.43 Å². The van der Waals surface area contributed by atoms with Gasteiger partial charge in [-0.2, -0.15) is 0 Å². The van der Waals surface area contributed by atoms with Crippen molar-refractivity contribution in [3.63, 3.8) is 0 Å². The van der Waals surface area contributed by atoms with Crippen LogP contribution in [0.3, 0.4) is 0 Å². The summed E-state index contributed by atoms with van der Waals surface area (Å²) in [7, 11) is 1.81. The molecule has 0 radical (unpaired) electrons. The molecule has 1 saturated heterocycles. The lowest BCUT2D eigenvalue weighted by Gasteiger charge is -2.40. The van der Waals surface area contributed by atoms with Crippen LogP contribution in [-0.4, -0.2) is 73.0 Å². The Bertz CT molecular complexity index is 818. The van der Waals surface area contributed by atoms with E-state index >= 15 is 0 Å². The van der Waals surface area contributed by atoms with E-state index in [9.17, 15) is 8.78 Å². The topological polar surface area (TPSA) is 104 Å². The Morgan fingerprint density at radius 3 is 2.39 bits per heavy atom. The second kappa shape index (κ2) is 9.50. The maximum atomic E-state index is 13.0. The van der Waals surface area contributed by atoms with E-state index < -0.39 is 12.5 Å². The number of nitrogens with two attached hydrogens (primary N) is 2. The summed E-state index contributed by atoms with van der Waals surface area (Å²) in [6.07, 6.45) is 1.24. The number of halogens is 2. The Hall–Kier alpha value is -2.23. The number of benzene rings is 1. The maximum absolute atomic E-state index is 13.0. The molecule has 2 unspecified atom stereocenters. The third-order valence-electron chi connectivity index (χ3n) is 6.22. The molecule has 1 aromatic rings. The lowest BCUT2D eigenvalue weighted by molar-refractivity contribution is 0.00247. The van der Waals surface area contributed by atoms with E-state index in [0.29, 0.717) is 48.9 Å². The molecule has 0 bridgehead atoms. The number of nitrogens with zero attached hydrogens (tertiary/aromatic N) is 2. The molecule has 1 saturated carbocycles. The summed E-state index contributed by atoms with van der Waals surface area (Å²) in [6.45, 7) is 5.98. The summed E-state index contributed by atoms with van der Waals surface area (Å²) in [4.78, 5) is 3.93. The first-order valence-corrected chi connectivity index (χ1v) is 10.7.